The first-order valence-corrected chi connectivity index (χ1v) is 18.3. The van der Waals surface area contributed by atoms with Gasteiger partial charge < -0.3 is 14.6 Å². The van der Waals surface area contributed by atoms with Gasteiger partial charge in [-0.15, -0.1) is 5.54 Å². The molecule has 4 aromatic rings. The molecular weight excluding hydrogens is 587 g/mol. The number of benzene rings is 1. The summed E-state index contributed by atoms with van der Waals surface area (Å²) >= 11 is -1.56. The monoisotopic (exact) mass is 622 g/mol. The number of pyridine rings is 1. The van der Waals surface area contributed by atoms with E-state index in [9.17, 15) is 9.66 Å². The maximum absolute atomic E-state index is 16.5. The number of halogens is 2. The highest BCUT2D eigenvalue weighted by atomic mass is 32.2. The molecular formula is C31H36F2N6O2SSi. The molecule has 12 heteroatoms. The molecule has 0 saturated carbocycles. The predicted octanol–water partition coefficient (Wildman–Crippen LogP) is 6.52. The van der Waals surface area contributed by atoms with Crippen molar-refractivity contribution in [1.82, 2.24) is 24.9 Å². The van der Waals surface area contributed by atoms with Gasteiger partial charge in [0.1, 0.15) is 42.9 Å². The summed E-state index contributed by atoms with van der Waals surface area (Å²) in [7, 11) is -2.28. The summed E-state index contributed by atoms with van der Waals surface area (Å²) in [6.07, 6.45) is 3.76. The molecule has 0 radical (unpaired) electrons. The van der Waals surface area contributed by atoms with Crippen LogP contribution in [0.25, 0.3) is 33.2 Å². The van der Waals surface area contributed by atoms with Gasteiger partial charge in [-0.05, 0) is 42.1 Å². The van der Waals surface area contributed by atoms with Crippen LogP contribution in [-0.2, 0) is 11.2 Å². The number of hydrogen-bond acceptors (Lipinski definition) is 8. The molecule has 1 aliphatic rings. The second-order valence-corrected chi connectivity index (χ2v) is 19.0. The quantitative estimate of drug-likeness (QED) is 0.112. The molecule has 43 heavy (non-hydrogen) atoms. The molecule has 1 N–H and O–H groups in total. The molecule has 226 valence electrons. The number of aromatic nitrogens is 5. The Morgan fingerprint density at radius 1 is 1.02 bits per heavy atom. The SMILES string of the molecule is CC(C)[Si](C#Cc1c(F)ccc2nc(O)nc(-c3nc(N4CC[C@@H]4C)c4cnc([S+](C)[O-])nc4c3F)c12)(C(C)C)C(C)C. The lowest BCUT2D eigenvalue weighted by Gasteiger charge is -2.40. The van der Waals surface area contributed by atoms with E-state index in [1.807, 2.05) is 11.8 Å². The third kappa shape index (κ3) is 5.21. The van der Waals surface area contributed by atoms with Crippen molar-refractivity contribution in [2.75, 3.05) is 17.7 Å². The first kappa shape index (κ1) is 31.0. The maximum Gasteiger partial charge on any atom is 0.343 e. The van der Waals surface area contributed by atoms with Gasteiger partial charge in [0.05, 0.1) is 16.5 Å². The zero-order valence-electron chi connectivity index (χ0n) is 25.7. The molecule has 1 fully saturated rings. The molecule has 4 heterocycles. The van der Waals surface area contributed by atoms with Gasteiger partial charge in [0.25, 0.3) is 0 Å². The van der Waals surface area contributed by atoms with Crippen molar-refractivity contribution in [2.45, 2.75) is 82.7 Å². The zero-order valence-corrected chi connectivity index (χ0v) is 27.5. The topological polar surface area (TPSA) is 111 Å². The summed E-state index contributed by atoms with van der Waals surface area (Å²) in [5, 5.41) is 11.0. The molecule has 1 aromatic carbocycles. The van der Waals surface area contributed by atoms with E-state index < -0.39 is 36.9 Å². The summed E-state index contributed by atoms with van der Waals surface area (Å²) in [5.41, 5.74) is 4.28. The Morgan fingerprint density at radius 2 is 1.70 bits per heavy atom. The van der Waals surface area contributed by atoms with Crippen molar-refractivity contribution in [3.05, 3.63) is 35.5 Å². The van der Waals surface area contributed by atoms with E-state index in [-0.39, 0.29) is 44.6 Å². The van der Waals surface area contributed by atoms with Crippen LogP contribution < -0.4 is 4.90 Å². The van der Waals surface area contributed by atoms with Crippen molar-refractivity contribution in [1.29, 1.82) is 0 Å². The zero-order chi connectivity index (χ0) is 31.4. The Kier molecular flexibility index (Phi) is 8.37. The van der Waals surface area contributed by atoms with Crippen LogP contribution in [0.1, 0.15) is 60.5 Å². The third-order valence-electron chi connectivity index (χ3n) is 8.79. The van der Waals surface area contributed by atoms with E-state index in [4.69, 9.17) is 4.98 Å². The molecule has 8 nitrogen and oxygen atoms in total. The lowest BCUT2D eigenvalue weighted by molar-refractivity contribution is 0.433. The first-order chi connectivity index (χ1) is 20.3. The summed E-state index contributed by atoms with van der Waals surface area (Å²) < 4.78 is 44.5. The number of aromatic hydroxyl groups is 1. The van der Waals surface area contributed by atoms with Crippen molar-refractivity contribution < 1.29 is 18.4 Å². The number of hydrogen-bond donors (Lipinski definition) is 1. The van der Waals surface area contributed by atoms with Crippen molar-refractivity contribution in [3.63, 3.8) is 0 Å². The normalized spacial score (nSPS) is 16.2. The van der Waals surface area contributed by atoms with E-state index in [1.165, 1.54) is 24.6 Å². The first-order valence-electron chi connectivity index (χ1n) is 14.5. The molecule has 0 amide bonds. The Labute approximate surface area is 254 Å². The van der Waals surface area contributed by atoms with Crippen molar-refractivity contribution >= 4 is 46.9 Å². The molecule has 0 bridgehead atoms. The average Bonchev–Trinajstić information content (AvgIpc) is 2.93. The van der Waals surface area contributed by atoms with Crippen LogP contribution in [0, 0.1) is 23.1 Å². The summed E-state index contributed by atoms with van der Waals surface area (Å²) in [5.74, 6) is 2.15. The lowest BCUT2D eigenvalue weighted by Crippen LogP contribution is -2.46. The Bertz CT molecular complexity index is 1770. The van der Waals surface area contributed by atoms with Crippen LogP contribution in [0.3, 0.4) is 0 Å². The van der Waals surface area contributed by atoms with E-state index in [1.54, 1.807) is 0 Å². The molecule has 3 aromatic heterocycles. The Balaban J connectivity index is 1.87. The van der Waals surface area contributed by atoms with Crippen LogP contribution in [0.2, 0.25) is 16.6 Å². The van der Waals surface area contributed by atoms with Gasteiger partial charge in [-0.1, -0.05) is 47.5 Å². The van der Waals surface area contributed by atoms with Crippen LogP contribution in [0.4, 0.5) is 14.6 Å². The molecule has 0 spiro atoms. The van der Waals surface area contributed by atoms with E-state index in [0.29, 0.717) is 34.4 Å². The fourth-order valence-corrected chi connectivity index (χ4v) is 12.1. The van der Waals surface area contributed by atoms with Crippen LogP contribution >= 0.6 is 0 Å². The highest BCUT2D eigenvalue weighted by Gasteiger charge is 2.42. The van der Waals surface area contributed by atoms with Gasteiger partial charge in [0, 0.05) is 35.3 Å². The largest absolute Gasteiger partial charge is 0.609 e. The Hall–Kier alpha value is -3.40. The number of anilines is 1. The second-order valence-electron chi connectivity index (χ2n) is 12.1. The minimum Gasteiger partial charge on any atom is -0.609 e. The number of nitrogens with zero attached hydrogens (tertiary/aromatic N) is 6. The van der Waals surface area contributed by atoms with Gasteiger partial charge in [-0.3, -0.25) is 0 Å². The molecule has 5 rings (SSSR count). The van der Waals surface area contributed by atoms with Crippen molar-refractivity contribution in [3.8, 4) is 28.9 Å². The van der Waals surface area contributed by atoms with Gasteiger partial charge in [0.15, 0.2) is 5.82 Å². The molecule has 1 aliphatic heterocycles. The van der Waals surface area contributed by atoms with Crippen molar-refractivity contribution in [2.24, 2.45) is 0 Å². The molecule has 2 atom stereocenters. The summed E-state index contributed by atoms with van der Waals surface area (Å²) in [4.78, 5) is 23.5. The highest BCUT2D eigenvalue weighted by molar-refractivity contribution is 7.90. The summed E-state index contributed by atoms with van der Waals surface area (Å²) in [6, 6.07) is 2.18. The smallest absolute Gasteiger partial charge is 0.343 e. The van der Waals surface area contributed by atoms with Crippen LogP contribution in [0.15, 0.2) is 23.5 Å². The molecule has 1 saturated heterocycles. The average molecular weight is 623 g/mol. The second kappa shape index (κ2) is 11.6. The maximum atomic E-state index is 16.5. The minimum atomic E-state index is -2.28. The van der Waals surface area contributed by atoms with E-state index in [2.05, 4.69) is 72.9 Å². The number of rotatable bonds is 6. The van der Waals surface area contributed by atoms with E-state index >= 15 is 8.78 Å². The van der Waals surface area contributed by atoms with Gasteiger partial charge in [-0.2, -0.15) is 19.9 Å². The fourth-order valence-electron chi connectivity index (χ4n) is 6.45. The van der Waals surface area contributed by atoms with Gasteiger partial charge >= 0.3 is 11.2 Å². The van der Waals surface area contributed by atoms with Crippen LogP contribution in [0.5, 0.6) is 6.01 Å². The standard InChI is InChI=1S/C31H36F2N6O2SSi/c1-16(2)43(17(3)4,18(5)6)14-12-20-22(32)9-10-23-24(20)27(37-30(40)35-23)28-25(33)26-21(15-34-31(38-26)42(8)41)29(36-28)39-13-11-19(39)7/h9-10,15-19H,11,13H2,1-8H3,(H,35,37,40)/t19-,42?/m0/s1. The van der Waals surface area contributed by atoms with Crippen LogP contribution in [-0.4, -0.2) is 61.5 Å². The lowest BCUT2D eigenvalue weighted by atomic mass is 10.0. The van der Waals surface area contributed by atoms with E-state index in [0.717, 1.165) is 6.42 Å². The molecule has 1 unspecified atom stereocenters. The minimum absolute atomic E-state index is 0.0310. The van der Waals surface area contributed by atoms with Gasteiger partial charge in [-0.25, -0.2) is 13.8 Å². The molecule has 0 aliphatic carbocycles. The predicted molar refractivity (Wildman–Crippen MR) is 169 cm³/mol. The number of fused-ring (bicyclic) bond motifs is 2. The van der Waals surface area contributed by atoms with Gasteiger partial charge in [0.2, 0.25) is 0 Å². The third-order valence-corrected chi connectivity index (χ3v) is 15.8. The Morgan fingerprint density at radius 3 is 2.26 bits per heavy atom. The summed E-state index contributed by atoms with van der Waals surface area (Å²) in [6.45, 7) is 15.7. The fraction of sp³-hybridized carbons (Fsp3) is 0.452. The highest BCUT2D eigenvalue weighted by Crippen LogP contribution is 2.42.